The zero-order valence-corrected chi connectivity index (χ0v) is 29.2. The van der Waals surface area contributed by atoms with Crippen molar-refractivity contribution in [2.45, 2.75) is 135 Å². The van der Waals surface area contributed by atoms with Gasteiger partial charge in [0.1, 0.15) is 18.1 Å². The molecule has 3 rings (SSSR count). The summed E-state index contributed by atoms with van der Waals surface area (Å²) in [6.07, 6.45) is -2.34. The van der Waals surface area contributed by atoms with E-state index in [1.807, 2.05) is 27.7 Å². The smallest absolute Gasteiger partial charge is 0.410 e. The van der Waals surface area contributed by atoms with E-state index in [1.54, 1.807) is 25.9 Å². The summed E-state index contributed by atoms with van der Waals surface area (Å²) in [5.74, 6) is -3.22. The number of nitrogens with zero attached hydrogens (tertiary/aromatic N) is 4. The number of nitrogens with two attached hydrogens (primary N) is 1. The van der Waals surface area contributed by atoms with Gasteiger partial charge in [-0.2, -0.15) is 0 Å². The third kappa shape index (κ3) is 8.94. The van der Waals surface area contributed by atoms with E-state index in [2.05, 4.69) is 15.3 Å². The number of ether oxygens (including phenoxy) is 5. The summed E-state index contributed by atoms with van der Waals surface area (Å²) < 4.78 is 30.5. The number of amides is 1. The summed E-state index contributed by atoms with van der Waals surface area (Å²) in [7, 11) is 1.55. The van der Waals surface area contributed by atoms with Crippen molar-refractivity contribution in [3.8, 4) is 0 Å². The van der Waals surface area contributed by atoms with Gasteiger partial charge in [-0.15, -0.1) is 0 Å². The number of aliphatic hydroxyl groups excluding tert-OH is 1. The number of cyclic esters (lactones) is 1. The SMILES string of the molecule is CC[C@H]1OC(=O)[C@H](C)C(=O)[C@H](C)[C@@H](O[C@@H]2OC(C)CC(N)C2O)[C@](C)(OC)C[C@@H](C)CNC[C@H]2N(CCCCN=[N+]=[N-])C(=O)O[C@]12C. The highest BCUT2D eigenvalue weighted by atomic mass is 16.7. The number of carbonyl (C=O) groups excluding carboxylic acids is 3. The van der Waals surface area contributed by atoms with Gasteiger partial charge in [-0.1, -0.05) is 25.9 Å². The molecular formula is C32H56N6O9. The fraction of sp³-hybridized carbons (Fsp3) is 0.906. The summed E-state index contributed by atoms with van der Waals surface area (Å²) in [6, 6.07) is -1.06. The first kappa shape index (κ1) is 38.9. The fourth-order valence-electron chi connectivity index (χ4n) is 7.29. The first-order chi connectivity index (χ1) is 22.1. The van der Waals surface area contributed by atoms with Crippen molar-refractivity contribution in [2.24, 2.45) is 28.6 Å². The molecule has 0 aromatic heterocycles. The predicted molar refractivity (Wildman–Crippen MR) is 172 cm³/mol. The number of aliphatic hydroxyl groups is 1. The summed E-state index contributed by atoms with van der Waals surface area (Å²) >= 11 is 0. The average molecular weight is 669 g/mol. The van der Waals surface area contributed by atoms with Crippen LogP contribution < -0.4 is 11.1 Å². The Balaban J connectivity index is 1.97. The second-order valence-corrected chi connectivity index (χ2v) is 13.9. The molecule has 268 valence electrons. The quantitative estimate of drug-likeness (QED) is 0.0812. The van der Waals surface area contributed by atoms with Crippen molar-refractivity contribution in [1.82, 2.24) is 10.2 Å². The molecule has 0 radical (unpaired) electrons. The molecule has 0 saturated carbocycles. The molecule has 3 unspecified atom stereocenters. The Hall–Kier alpha value is -2.52. The maximum Gasteiger partial charge on any atom is 0.410 e. The van der Waals surface area contributed by atoms with Crippen molar-refractivity contribution in [3.63, 3.8) is 0 Å². The number of hydrogen-bond donors (Lipinski definition) is 3. The van der Waals surface area contributed by atoms with E-state index in [9.17, 15) is 19.5 Å². The van der Waals surface area contributed by atoms with E-state index in [0.717, 1.165) is 0 Å². The molecule has 12 atom stereocenters. The third-order valence-corrected chi connectivity index (χ3v) is 10.1. The highest BCUT2D eigenvalue weighted by molar-refractivity contribution is 6.00. The monoisotopic (exact) mass is 668 g/mol. The van der Waals surface area contributed by atoms with Crippen LogP contribution in [0.2, 0.25) is 0 Å². The third-order valence-electron chi connectivity index (χ3n) is 10.1. The number of esters is 1. The van der Waals surface area contributed by atoms with E-state index in [1.165, 1.54) is 6.92 Å². The van der Waals surface area contributed by atoms with Gasteiger partial charge >= 0.3 is 12.1 Å². The largest absolute Gasteiger partial charge is 0.458 e. The molecule has 0 spiro atoms. The van der Waals surface area contributed by atoms with Gasteiger partial charge in [-0.05, 0) is 77.8 Å². The highest BCUT2D eigenvalue weighted by Crippen LogP contribution is 2.38. The Bertz CT molecular complexity index is 1140. The molecule has 0 aromatic carbocycles. The van der Waals surface area contributed by atoms with E-state index in [4.69, 9.17) is 34.9 Å². The Kier molecular flexibility index (Phi) is 13.9. The maximum atomic E-state index is 14.0. The number of fused-ring (bicyclic) bond motifs is 1. The van der Waals surface area contributed by atoms with Crippen molar-refractivity contribution in [3.05, 3.63) is 10.4 Å². The lowest BCUT2D eigenvalue weighted by atomic mass is 9.78. The van der Waals surface area contributed by atoms with Crippen LogP contribution in [0.4, 0.5) is 4.79 Å². The van der Waals surface area contributed by atoms with Crippen LogP contribution in [0.25, 0.3) is 10.4 Å². The summed E-state index contributed by atoms with van der Waals surface area (Å²) in [6.45, 7) is 14.1. The number of unbranched alkanes of at least 4 members (excludes halogenated alkanes) is 1. The number of ketones is 1. The standard InChI is InChI=1S/C32H56N6O9/c1-9-24-32(7)23(38(30(42)47-32)13-11-10-12-36-37-34)17-35-16-18(2)15-31(6,43-8)27(20(4)25(39)21(5)28(41)45-24)46-29-26(40)22(33)14-19(3)44-29/h18-24,26-27,29,35,40H,9-17,33H2,1-8H3/t18-,19?,20+,21-,22?,23-,24-,26?,27-,29+,31-,32+/m1/s1. The number of hydrogen-bond acceptors (Lipinski definition) is 12. The second-order valence-electron chi connectivity index (χ2n) is 13.9. The minimum absolute atomic E-state index is 0.00397. The van der Waals surface area contributed by atoms with Gasteiger partial charge in [-0.25, -0.2) is 4.79 Å². The van der Waals surface area contributed by atoms with Gasteiger partial charge in [0.2, 0.25) is 0 Å². The number of nitrogens with one attached hydrogen (secondary N) is 1. The van der Waals surface area contributed by atoms with Crippen molar-refractivity contribution in [1.29, 1.82) is 0 Å². The lowest BCUT2D eigenvalue weighted by Gasteiger charge is -2.45. The van der Waals surface area contributed by atoms with Crippen molar-refractivity contribution < 1.29 is 43.2 Å². The minimum Gasteiger partial charge on any atom is -0.458 e. The highest BCUT2D eigenvalue weighted by Gasteiger charge is 2.56. The van der Waals surface area contributed by atoms with Gasteiger partial charge in [0.05, 0.1) is 23.9 Å². The number of carbonyl (C=O) groups is 3. The summed E-state index contributed by atoms with van der Waals surface area (Å²) in [5, 5.41) is 18.0. The predicted octanol–water partition coefficient (Wildman–Crippen LogP) is 3.06. The molecular weight excluding hydrogens is 612 g/mol. The molecule has 3 aliphatic heterocycles. The van der Waals surface area contributed by atoms with Crippen LogP contribution in [-0.2, 0) is 33.3 Å². The van der Waals surface area contributed by atoms with E-state index < -0.39 is 77.6 Å². The van der Waals surface area contributed by atoms with Crippen LogP contribution in [0.5, 0.6) is 0 Å². The van der Waals surface area contributed by atoms with Crippen molar-refractivity contribution in [2.75, 3.05) is 33.3 Å². The first-order valence-electron chi connectivity index (χ1n) is 16.9. The number of methoxy groups -OCH3 is 1. The molecule has 3 saturated heterocycles. The van der Waals surface area contributed by atoms with Crippen LogP contribution >= 0.6 is 0 Å². The van der Waals surface area contributed by atoms with Crippen LogP contribution in [0.3, 0.4) is 0 Å². The van der Waals surface area contributed by atoms with Gasteiger partial charge in [0, 0.05) is 43.6 Å². The Morgan fingerprint density at radius 3 is 2.51 bits per heavy atom. The Labute approximate surface area is 278 Å². The molecule has 0 bridgehead atoms. The molecule has 15 heteroatoms. The second kappa shape index (κ2) is 16.7. The number of rotatable bonds is 9. The normalized spacial score (nSPS) is 40.8. The topological polar surface area (TPSA) is 208 Å². The van der Waals surface area contributed by atoms with E-state index in [0.29, 0.717) is 58.3 Å². The fourth-order valence-corrected chi connectivity index (χ4v) is 7.29. The summed E-state index contributed by atoms with van der Waals surface area (Å²) in [4.78, 5) is 45.4. The molecule has 47 heavy (non-hydrogen) atoms. The average Bonchev–Trinajstić information content (AvgIpc) is 3.27. The first-order valence-corrected chi connectivity index (χ1v) is 16.9. The van der Waals surface area contributed by atoms with Gasteiger partial charge < -0.3 is 39.8 Å². The van der Waals surface area contributed by atoms with Crippen molar-refractivity contribution >= 4 is 17.8 Å². The molecule has 1 amide bonds. The Morgan fingerprint density at radius 2 is 1.87 bits per heavy atom. The molecule has 3 heterocycles. The maximum absolute atomic E-state index is 14.0. The van der Waals surface area contributed by atoms with Gasteiger partial charge in [0.15, 0.2) is 17.7 Å². The van der Waals surface area contributed by atoms with Gasteiger partial charge in [0.25, 0.3) is 0 Å². The molecule has 3 fully saturated rings. The van der Waals surface area contributed by atoms with Crippen LogP contribution in [0.1, 0.15) is 80.6 Å². The number of azide groups is 1. The van der Waals surface area contributed by atoms with E-state index >= 15 is 0 Å². The lowest BCUT2D eigenvalue weighted by Crippen LogP contribution is -2.58. The van der Waals surface area contributed by atoms with Crippen LogP contribution in [0, 0.1) is 17.8 Å². The number of Topliss-reactive ketones (excluding diaryl/α,β-unsaturated/α-hetero) is 1. The lowest BCUT2D eigenvalue weighted by molar-refractivity contribution is -0.288. The minimum atomic E-state index is -1.20. The molecule has 0 aromatic rings. The summed E-state index contributed by atoms with van der Waals surface area (Å²) in [5.41, 5.74) is 12.5. The molecule has 3 aliphatic rings. The molecule has 4 N–H and O–H groups in total. The molecule has 15 nitrogen and oxygen atoms in total. The zero-order valence-electron chi connectivity index (χ0n) is 29.2. The Morgan fingerprint density at radius 1 is 1.17 bits per heavy atom. The molecule has 0 aliphatic carbocycles. The van der Waals surface area contributed by atoms with Crippen LogP contribution in [-0.4, -0.2) is 115 Å². The zero-order chi connectivity index (χ0) is 35.1. The van der Waals surface area contributed by atoms with Crippen LogP contribution in [0.15, 0.2) is 5.11 Å². The van der Waals surface area contributed by atoms with E-state index in [-0.39, 0.29) is 12.0 Å². The van der Waals surface area contributed by atoms with Gasteiger partial charge in [-0.3, -0.25) is 14.5 Å².